The minimum absolute atomic E-state index is 0.00677. The number of benzene rings is 1. The van der Waals surface area contributed by atoms with Gasteiger partial charge < -0.3 is 135 Å². The maximum atomic E-state index is 14.2. The minimum atomic E-state index is -2.98. The first-order valence-electron chi connectivity index (χ1n) is 25.2. The number of nitrogens with one attached hydrogen (secondary N) is 8. The van der Waals surface area contributed by atoms with E-state index in [9.17, 15) is 135 Å². The SMILES string of the molecule is Nc1nc2ncc(CNc3ccc(C(=O)N[C@@H](CCC(=O)N[C@H](C(=O)N[C@H](C(=O)N[C@H](C(=O)N[C@@H](C(=O)N[C@@H](CS)C(=O)O)[C@H](O)[C@@H](O)[C@@H](O)CO)[C@@H](O)[C@H](O)[C@H](O)CO)[C@H](O)[C@@H](O)[C@@H](O)CO)[C@@H](O)[C@H](O)[C@H](O)CO)C(=O)O)cc3)nc2c(=O)[nH]1. The van der Waals surface area contributed by atoms with Crippen molar-refractivity contribution in [2.45, 2.75) is 129 Å². The van der Waals surface area contributed by atoms with Crippen LogP contribution in [0, 0.1) is 0 Å². The number of aliphatic carboxylic acids is 2. The van der Waals surface area contributed by atoms with Gasteiger partial charge in [0.05, 0.1) is 44.9 Å². The second kappa shape index (κ2) is 34.0. The highest BCUT2D eigenvalue weighted by Gasteiger charge is 2.46. The van der Waals surface area contributed by atoms with Crippen molar-refractivity contribution in [1.82, 2.24) is 51.8 Å². The summed E-state index contributed by atoms with van der Waals surface area (Å²) in [5, 5.41) is 198. The number of carbonyl (C=O) groups excluding carboxylic acids is 6. The summed E-state index contributed by atoms with van der Waals surface area (Å²) in [6, 6.07) is -9.94. The summed E-state index contributed by atoms with van der Waals surface area (Å²) in [4.78, 5) is 133. The molecule has 0 bridgehead atoms. The molecular formula is C46H68N12O27S. The molecule has 3 rings (SSSR count). The molecule has 480 valence electrons. The summed E-state index contributed by atoms with van der Waals surface area (Å²) < 4.78 is 0. The number of nitrogens with zero attached hydrogens (tertiary/aromatic N) is 3. The number of hydrogen-bond donors (Lipinski definition) is 28. The Morgan fingerprint density at radius 2 is 0.930 bits per heavy atom. The van der Waals surface area contributed by atoms with Gasteiger partial charge in [-0.25, -0.2) is 19.6 Å². The van der Waals surface area contributed by atoms with Gasteiger partial charge in [-0.15, -0.1) is 0 Å². The number of nitrogens with two attached hydrogens (primary N) is 1. The van der Waals surface area contributed by atoms with Crippen LogP contribution >= 0.6 is 12.6 Å². The number of carboxylic acids is 2. The number of hydrogen-bond acceptors (Lipinski definition) is 31. The number of carbonyl (C=O) groups is 8. The fourth-order valence-electron chi connectivity index (χ4n) is 7.54. The molecule has 40 heteroatoms. The largest absolute Gasteiger partial charge is 0.480 e. The van der Waals surface area contributed by atoms with Crippen LogP contribution in [0.4, 0.5) is 11.6 Å². The molecule has 0 unspecified atom stereocenters. The molecule has 0 aliphatic rings. The van der Waals surface area contributed by atoms with E-state index in [1.807, 2.05) is 5.32 Å². The first kappa shape index (κ1) is 72.8. The lowest BCUT2D eigenvalue weighted by Gasteiger charge is -2.35. The summed E-state index contributed by atoms with van der Waals surface area (Å²) in [6.45, 7) is -5.52. The molecule has 0 fully saturated rings. The molecule has 3 aromatic rings. The number of nitrogen functional groups attached to an aromatic ring is 1. The molecule has 0 spiro atoms. The molecule has 0 aliphatic carbocycles. The van der Waals surface area contributed by atoms with Gasteiger partial charge in [0.25, 0.3) is 11.5 Å². The van der Waals surface area contributed by atoms with Crippen molar-refractivity contribution in [3.63, 3.8) is 0 Å². The number of aliphatic hydroxyl groups excluding tert-OH is 16. The van der Waals surface area contributed by atoms with E-state index in [1.54, 1.807) is 21.3 Å². The van der Waals surface area contributed by atoms with E-state index in [0.717, 1.165) is 0 Å². The Labute approximate surface area is 488 Å². The summed E-state index contributed by atoms with van der Waals surface area (Å²) >= 11 is 3.75. The Hall–Kier alpha value is -7.49. The Balaban J connectivity index is 1.97. The highest BCUT2D eigenvalue weighted by molar-refractivity contribution is 7.80. The number of carboxylic acid groups (broad SMARTS) is 2. The molecule has 39 nitrogen and oxygen atoms in total. The third-order valence-corrected chi connectivity index (χ3v) is 13.0. The van der Waals surface area contributed by atoms with Crippen LogP contribution in [0.25, 0.3) is 11.2 Å². The Bertz CT molecular complexity index is 2850. The van der Waals surface area contributed by atoms with Gasteiger partial charge in [0.2, 0.25) is 35.5 Å². The fraction of sp³-hybridized carbons (Fsp3) is 0.565. The molecule has 6 amide bonds. The van der Waals surface area contributed by atoms with Crippen molar-refractivity contribution in [2.24, 2.45) is 0 Å². The number of fused-ring (bicyclic) bond motifs is 1. The summed E-state index contributed by atoms with van der Waals surface area (Å²) in [5.74, 6) is -14.7. The van der Waals surface area contributed by atoms with E-state index in [1.165, 1.54) is 30.5 Å². The first-order chi connectivity index (χ1) is 40.4. The van der Waals surface area contributed by atoms with E-state index in [0.29, 0.717) is 11.4 Å². The van der Waals surface area contributed by atoms with E-state index >= 15 is 0 Å². The lowest BCUT2D eigenvalue weighted by Crippen LogP contribution is -2.68. The van der Waals surface area contributed by atoms with Crippen LogP contribution in [0.1, 0.15) is 28.9 Å². The van der Waals surface area contributed by atoms with Crippen molar-refractivity contribution >= 4 is 82.8 Å². The molecule has 18 atom stereocenters. The van der Waals surface area contributed by atoms with Gasteiger partial charge in [0.15, 0.2) is 11.2 Å². The van der Waals surface area contributed by atoms with E-state index in [4.69, 9.17) is 5.73 Å². The quantitative estimate of drug-likeness (QED) is 0.0240. The third kappa shape index (κ3) is 20.0. The maximum absolute atomic E-state index is 14.2. The number of rotatable bonds is 36. The topological polar surface area (TPSA) is 682 Å². The summed E-state index contributed by atoms with van der Waals surface area (Å²) in [6.07, 6.45) is -32.4. The van der Waals surface area contributed by atoms with Crippen LogP contribution in [-0.2, 0) is 40.1 Å². The summed E-state index contributed by atoms with van der Waals surface area (Å²) in [5.41, 5.74) is 5.35. The maximum Gasteiger partial charge on any atom is 0.327 e. The average Bonchev–Trinajstić information content (AvgIpc) is 1.76. The smallest absolute Gasteiger partial charge is 0.327 e. The van der Waals surface area contributed by atoms with Gasteiger partial charge in [0, 0.05) is 23.4 Å². The molecule has 0 saturated carbocycles. The Morgan fingerprint density at radius 1 is 0.535 bits per heavy atom. The van der Waals surface area contributed by atoms with E-state index in [-0.39, 0.29) is 29.2 Å². The monoisotopic (exact) mass is 1250 g/mol. The minimum Gasteiger partial charge on any atom is -0.480 e. The number of aromatic nitrogens is 4. The lowest BCUT2D eigenvalue weighted by molar-refractivity contribution is -0.150. The van der Waals surface area contributed by atoms with Gasteiger partial charge in [-0.05, 0) is 30.7 Å². The van der Waals surface area contributed by atoms with E-state index in [2.05, 4.69) is 43.2 Å². The van der Waals surface area contributed by atoms with Crippen LogP contribution in [-0.4, -0.2) is 301 Å². The average molecular weight is 1250 g/mol. The standard InChI is InChI=1S/C46H68N12O27S/c47-46-57-37-28(43(81)58-46)50-16(8-49-37)7-48-15-3-1-14(2-4-15)38(76)51-17(44(82)83)5-6-23(67)53-24(33(72)29(68)19(63)9-59)40(78)55-26(35(74)31(70)21(65)11-61)42(80)56-27(36(75)32(71)22(66)12-62)41(79)54-25(34(73)30(69)20(64)10-60)39(77)52-18(13-86)45(84)85/h1-4,8,17-22,24-27,29-36,48,59-66,68-75,86H,5-7,9-13H2,(H,51,76)(H,52,77)(H,53,67)(H,54,79)(H,55,78)(H,56,80)(H,82,83)(H,84,85)(H3,47,49,57,58,81)/t17-,18-,19+,20-,21-,22+,24-,25+,26-,27-,29+,30-,31-,32+,33+,34-,35-,36+/m0/s1. The molecule has 0 radical (unpaired) electrons. The molecule has 86 heavy (non-hydrogen) atoms. The number of amides is 6. The zero-order chi connectivity index (χ0) is 65.0. The number of anilines is 2. The number of aromatic amines is 1. The lowest BCUT2D eigenvalue weighted by atomic mass is 9.95. The molecule has 2 aromatic heterocycles. The molecular weight excluding hydrogens is 1180 g/mol. The van der Waals surface area contributed by atoms with Crippen LogP contribution in [0.2, 0.25) is 0 Å². The second-order valence-electron chi connectivity index (χ2n) is 18.8. The molecule has 28 N–H and O–H groups in total. The number of thiol groups is 1. The summed E-state index contributed by atoms with van der Waals surface area (Å²) in [7, 11) is 0. The zero-order valence-corrected chi connectivity index (χ0v) is 45.4. The Kier molecular flexibility index (Phi) is 28.8. The molecule has 1 aromatic carbocycles. The zero-order valence-electron chi connectivity index (χ0n) is 44.5. The first-order valence-corrected chi connectivity index (χ1v) is 25.8. The third-order valence-electron chi connectivity index (χ3n) is 12.6. The number of H-pyrrole nitrogens is 1. The predicted molar refractivity (Wildman–Crippen MR) is 286 cm³/mol. The van der Waals surface area contributed by atoms with Crippen LogP contribution in [0.3, 0.4) is 0 Å². The van der Waals surface area contributed by atoms with Crippen molar-refractivity contribution in [3.05, 3.63) is 52.1 Å². The van der Waals surface area contributed by atoms with Gasteiger partial charge >= 0.3 is 11.9 Å². The fourth-order valence-corrected chi connectivity index (χ4v) is 7.79. The molecule has 0 saturated heterocycles. The second-order valence-corrected chi connectivity index (χ2v) is 19.2. The van der Waals surface area contributed by atoms with Gasteiger partial charge in [-0.3, -0.25) is 38.5 Å². The number of aliphatic hydroxyl groups is 16. The van der Waals surface area contributed by atoms with Gasteiger partial charge in [-0.2, -0.15) is 17.6 Å². The van der Waals surface area contributed by atoms with Crippen LogP contribution in [0.5, 0.6) is 0 Å². The normalized spacial score (nSPS) is 17.9. The van der Waals surface area contributed by atoms with E-state index < -0.39 is 207 Å². The van der Waals surface area contributed by atoms with Crippen molar-refractivity contribution in [1.29, 1.82) is 0 Å². The highest BCUT2D eigenvalue weighted by Crippen LogP contribution is 2.16. The molecule has 2 heterocycles. The predicted octanol–water partition coefficient (Wildman–Crippen LogP) is -14.4. The van der Waals surface area contributed by atoms with Crippen molar-refractivity contribution in [2.75, 3.05) is 43.2 Å². The van der Waals surface area contributed by atoms with Crippen molar-refractivity contribution < 1.29 is 130 Å². The van der Waals surface area contributed by atoms with Gasteiger partial charge in [-0.1, -0.05) is 0 Å². The van der Waals surface area contributed by atoms with Crippen LogP contribution in [0.15, 0.2) is 35.3 Å². The molecule has 0 aliphatic heterocycles. The highest BCUT2D eigenvalue weighted by atomic mass is 32.1. The van der Waals surface area contributed by atoms with Crippen LogP contribution < -0.4 is 48.5 Å². The van der Waals surface area contributed by atoms with Crippen molar-refractivity contribution in [3.8, 4) is 0 Å². The Morgan fingerprint density at radius 3 is 1.31 bits per heavy atom. The van der Waals surface area contributed by atoms with Gasteiger partial charge in [0.1, 0.15) is 109 Å².